The van der Waals surface area contributed by atoms with Gasteiger partial charge in [-0.05, 0) is 31.5 Å². The lowest BCUT2D eigenvalue weighted by atomic mass is 10.1. The van der Waals surface area contributed by atoms with Crippen molar-refractivity contribution < 1.29 is 9.59 Å². The molecule has 0 aliphatic carbocycles. The molecule has 8 heteroatoms. The van der Waals surface area contributed by atoms with Gasteiger partial charge in [0.2, 0.25) is 11.8 Å². The van der Waals surface area contributed by atoms with Crippen molar-refractivity contribution in [1.82, 2.24) is 23.9 Å². The molecule has 0 bridgehead atoms. The van der Waals surface area contributed by atoms with E-state index in [-0.39, 0.29) is 24.3 Å². The second kappa shape index (κ2) is 7.45. The smallest absolute Gasteiger partial charge is 0.237 e. The molecule has 1 aromatic carbocycles. The topological polar surface area (TPSA) is 78.4 Å². The molecule has 25 heavy (non-hydrogen) atoms. The highest BCUT2D eigenvalue weighted by Gasteiger charge is 2.33. The Kier molecular flexibility index (Phi) is 5.29. The van der Waals surface area contributed by atoms with Gasteiger partial charge in [0, 0.05) is 32.7 Å². The Morgan fingerprint density at radius 2 is 2.16 bits per heavy atom. The maximum Gasteiger partial charge on any atom is 0.237 e. The van der Waals surface area contributed by atoms with Crippen LogP contribution in [0.15, 0.2) is 18.2 Å². The number of aromatic nitrogens is 2. The van der Waals surface area contributed by atoms with Crippen molar-refractivity contribution in [2.75, 3.05) is 20.1 Å². The Morgan fingerprint density at radius 1 is 1.40 bits per heavy atom. The van der Waals surface area contributed by atoms with Gasteiger partial charge in [0.1, 0.15) is 11.0 Å². The quantitative estimate of drug-likeness (QED) is 0.867. The van der Waals surface area contributed by atoms with Crippen molar-refractivity contribution in [2.45, 2.75) is 38.9 Å². The van der Waals surface area contributed by atoms with Gasteiger partial charge in [-0.2, -0.15) is 8.75 Å². The lowest BCUT2D eigenvalue weighted by Gasteiger charge is -2.38. The fourth-order valence-electron chi connectivity index (χ4n) is 3.17. The number of amides is 2. The number of nitrogens with one attached hydrogen (secondary N) is 1. The molecular weight excluding hydrogens is 338 g/mol. The number of carbonyl (C=O) groups is 2. The third-order valence-corrected chi connectivity index (χ3v) is 5.12. The first-order chi connectivity index (χ1) is 12.0. The molecule has 0 saturated carbocycles. The molecule has 2 aromatic rings. The van der Waals surface area contributed by atoms with Crippen LogP contribution >= 0.6 is 11.7 Å². The monoisotopic (exact) mass is 361 g/mol. The molecule has 1 unspecified atom stereocenters. The van der Waals surface area contributed by atoms with E-state index in [0.717, 1.165) is 23.1 Å². The fourth-order valence-corrected chi connectivity index (χ4v) is 3.69. The molecule has 1 N–H and O–H groups in total. The standard InChI is InChI=1S/C17H23N5O2S/c1-11(2)22-7-6-18-17(24)15(22)9-16(23)21(3)10-12-4-5-13-14(8-12)20-25-19-13/h4-5,8,11,15H,6-7,9-10H2,1-3H3,(H,18,24). The number of nitrogens with zero attached hydrogens (tertiary/aromatic N) is 4. The zero-order valence-corrected chi connectivity index (χ0v) is 15.5. The average molecular weight is 361 g/mol. The van der Waals surface area contributed by atoms with E-state index < -0.39 is 6.04 Å². The van der Waals surface area contributed by atoms with Gasteiger partial charge in [0.25, 0.3) is 0 Å². The van der Waals surface area contributed by atoms with Crippen LogP contribution in [0.4, 0.5) is 0 Å². The van der Waals surface area contributed by atoms with Crippen LogP contribution in [-0.2, 0) is 16.1 Å². The van der Waals surface area contributed by atoms with Crippen LogP contribution in [0.1, 0.15) is 25.8 Å². The van der Waals surface area contributed by atoms with Crippen molar-refractivity contribution in [3.05, 3.63) is 23.8 Å². The van der Waals surface area contributed by atoms with Gasteiger partial charge in [-0.3, -0.25) is 14.5 Å². The summed E-state index contributed by atoms with van der Waals surface area (Å²) in [7, 11) is 1.77. The predicted octanol–water partition coefficient (Wildman–Crippen LogP) is 1.25. The predicted molar refractivity (Wildman–Crippen MR) is 97.1 cm³/mol. The normalized spacial score (nSPS) is 18.6. The zero-order chi connectivity index (χ0) is 18.0. The highest BCUT2D eigenvalue weighted by atomic mass is 32.1. The lowest BCUT2D eigenvalue weighted by Crippen LogP contribution is -2.58. The molecule has 2 amide bonds. The zero-order valence-electron chi connectivity index (χ0n) is 14.7. The summed E-state index contributed by atoms with van der Waals surface area (Å²) in [5.74, 6) is -0.0964. The summed E-state index contributed by atoms with van der Waals surface area (Å²) in [4.78, 5) is 28.6. The Morgan fingerprint density at radius 3 is 2.92 bits per heavy atom. The Hall–Kier alpha value is -2.06. The Balaban J connectivity index is 1.65. The number of piperazine rings is 1. The maximum atomic E-state index is 12.6. The molecule has 1 saturated heterocycles. The van der Waals surface area contributed by atoms with E-state index in [4.69, 9.17) is 0 Å². The van der Waals surface area contributed by atoms with E-state index >= 15 is 0 Å². The number of hydrogen-bond donors (Lipinski definition) is 1. The number of fused-ring (bicyclic) bond motifs is 1. The fraction of sp³-hybridized carbons (Fsp3) is 0.529. The summed E-state index contributed by atoms with van der Waals surface area (Å²) in [6.45, 7) is 6.01. The van der Waals surface area contributed by atoms with Crippen molar-refractivity contribution in [3.63, 3.8) is 0 Å². The molecule has 1 aliphatic heterocycles. The molecular formula is C17H23N5O2S. The SMILES string of the molecule is CC(C)N1CCNC(=O)C1CC(=O)N(C)Cc1ccc2nsnc2c1. The molecule has 0 radical (unpaired) electrons. The van der Waals surface area contributed by atoms with Gasteiger partial charge in [-0.1, -0.05) is 6.07 Å². The maximum absolute atomic E-state index is 12.6. The number of rotatable bonds is 5. The summed E-state index contributed by atoms with van der Waals surface area (Å²) in [5, 5.41) is 2.86. The van der Waals surface area contributed by atoms with Gasteiger partial charge in [-0.15, -0.1) is 0 Å². The minimum Gasteiger partial charge on any atom is -0.353 e. The van der Waals surface area contributed by atoms with Crippen LogP contribution in [-0.4, -0.2) is 62.6 Å². The van der Waals surface area contributed by atoms with Crippen LogP contribution in [0.3, 0.4) is 0 Å². The summed E-state index contributed by atoms with van der Waals surface area (Å²) < 4.78 is 8.42. The molecule has 3 rings (SSSR count). The minimum absolute atomic E-state index is 0.0378. The van der Waals surface area contributed by atoms with Gasteiger partial charge in [0.15, 0.2) is 0 Å². The molecule has 0 spiro atoms. The molecule has 1 fully saturated rings. The second-order valence-corrected chi connectivity index (χ2v) is 7.21. The van der Waals surface area contributed by atoms with E-state index in [2.05, 4.69) is 32.8 Å². The summed E-state index contributed by atoms with van der Waals surface area (Å²) in [6.07, 6.45) is 0.195. The summed E-state index contributed by atoms with van der Waals surface area (Å²) in [5.41, 5.74) is 2.72. The van der Waals surface area contributed by atoms with Crippen molar-refractivity contribution in [2.24, 2.45) is 0 Å². The molecule has 1 aliphatic rings. The largest absolute Gasteiger partial charge is 0.353 e. The van der Waals surface area contributed by atoms with E-state index in [1.54, 1.807) is 11.9 Å². The summed E-state index contributed by atoms with van der Waals surface area (Å²) >= 11 is 1.18. The van der Waals surface area contributed by atoms with Crippen LogP contribution < -0.4 is 5.32 Å². The molecule has 1 aromatic heterocycles. The molecule has 2 heterocycles. The lowest BCUT2D eigenvalue weighted by molar-refractivity contribution is -0.139. The van der Waals surface area contributed by atoms with Gasteiger partial charge >= 0.3 is 0 Å². The minimum atomic E-state index is -0.395. The van der Waals surface area contributed by atoms with Crippen LogP contribution in [0.5, 0.6) is 0 Å². The number of hydrogen-bond acceptors (Lipinski definition) is 6. The van der Waals surface area contributed by atoms with E-state index in [9.17, 15) is 9.59 Å². The Labute approximate surface area is 151 Å². The van der Waals surface area contributed by atoms with Crippen molar-refractivity contribution in [3.8, 4) is 0 Å². The molecule has 134 valence electrons. The third kappa shape index (κ3) is 3.96. The van der Waals surface area contributed by atoms with Gasteiger partial charge < -0.3 is 10.2 Å². The van der Waals surface area contributed by atoms with E-state index in [1.807, 2.05) is 18.2 Å². The first-order valence-corrected chi connectivity index (χ1v) is 9.17. The van der Waals surface area contributed by atoms with Crippen LogP contribution in [0.2, 0.25) is 0 Å². The van der Waals surface area contributed by atoms with Gasteiger partial charge in [-0.25, -0.2) is 0 Å². The third-order valence-electron chi connectivity index (χ3n) is 4.57. The van der Waals surface area contributed by atoms with Crippen LogP contribution in [0, 0.1) is 0 Å². The summed E-state index contributed by atoms with van der Waals surface area (Å²) in [6, 6.07) is 5.67. The molecule has 1 atom stereocenters. The number of benzene rings is 1. The van der Waals surface area contributed by atoms with Crippen molar-refractivity contribution >= 4 is 34.6 Å². The first kappa shape index (κ1) is 17.8. The first-order valence-electron chi connectivity index (χ1n) is 8.44. The average Bonchev–Trinajstić information content (AvgIpc) is 3.04. The van der Waals surface area contributed by atoms with Crippen molar-refractivity contribution in [1.29, 1.82) is 0 Å². The molecule has 7 nitrogen and oxygen atoms in total. The highest BCUT2D eigenvalue weighted by Crippen LogP contribution is 2.17. The van der Waals surface area contributed by atoms with E-state index in [0.29, 0.717) is 13.1 Å². The second-order valence-electron chi connectivity index (χ2n) is 6.68. The highest BCUT2D eigenvalue weighted by molar-refractivity contribution is 7.00. The van der Waals surface area contributed by atoms with Crippen LogP contribution in [0.25, 0.3) is 11.0 Å². The Bertz CT molecular complexity index is 775. The number of carbonyl (C=O) groups excluding carboxylic acids is 2. The van der Waals surface area contributed by atoms with Gasteiger partial charge in [0.05, 0.1) is 24.2 Å². The van der Waals surface area contributed by atoms with E-state index in [1.165, 1.54) is 11.7 Å².